The third-order valence-electron chi connectivity index (χ3n) is 2.59. The van der Waals surface area contributed by atoms with Gasteiger partial charge in [0.2, 0.25) is 5.91 Å². The average molecular weight is 404 g/mol. The topological polar surface area (TPSA) is 64.0 Å². The molecular formula is C13H11ClIN3O2. The molecule has 0 aliphatic carbocycles. The minimum absolute atomic E-state index is 0.0775. The summed E-state index contributed by atoms with van der Waals surface area (Å²) in [5.41, 5.74) is 0.678. The summed E-state index contributed by atoms with van der Waals surface area (Å²) in [6.07, 6.45) is 1.27. The number of halogens is 2. The molecule has 2 aromatic rings. The van der Waals surface area contributed by atoms with Crippen molar-refractivity contribution in [2.45, 2.75) is 13.1 Å². The van der Waals surface area contributed by atoms with Crippen molar-refractivity contribution in [3.63, 3.8) is 0 Å². The lowest BCUT2D eigenvalue weighted by Gasteiger charge is -2.07. The molecule has 0 bridgehead atoms. The highest BCUT2D eigenvalue weighted by Crippen LogP contribution is 2.09. The monoisotopic (exact) mass is 403 g/mol. The zero-order valence-corrected chi connectivity index (χ0v) is 13.3. The minimum atomic E-state index is -0.319. The predicted octanol–water partition coefficient (Wildman–Crippen LogP) is 1.82. The fourth-order valence-electron chi connectivity index (χ4n) is 1.56. The second-order valence-electron chi connectivity index (χ2n) is 4.04. The number of carbonyl (C=O) groups excluding carboxylic acids is 1. The van der Waals surface area contributed by atoms with E-state index in [2.05, 4.69) is 10.3 Å². The number of rotatable bonds is 4. The fourth-order valence-corrected chi connectivity index (χ4v) is 2.14. The van der Waals surface area contributed by atoms with Gasteiger partial charge in [-0.3, -0.25) is 14.2 Å². The minimum Gasteiger partial charge on any atom is -0.350 e. The van der Waals surface area contributed by atoms with E-state index >= 15 is 0 Å². The Morgan fingerprint density at radius 2 is 2.05 bits per heavy atom. The van der Waals surface area contributed by atoms with Crippen LogP contribution < -0.4 is 10.9 Å². The van der Waals surface area contributed by atoms with Crippen molar-refractivity contribution in [2.24, 2.45) is 0 Å². The summed E-state index contributed by atoms with van der Waals surface area (Å²) >= 11 is 7.54. The van der Waals surface area contributed by atoms with Gasteiger partial charge < -0.3 is 5.32 Å². The van der Waals surface area contributed by atoms with Gasteiger partial charge in [-0.05, 0) is 28.2 Å². The number of hydrogen-bond acceptors (Lipinski definition) is 3. The van der Waals surface area contributed by atoms with Gasteiger partial charge in [0, 0.05) is 6.54 Å². The van der Waals surface area contributed by atoms with E-state index in [9.17, 15) is 9.59 Å². The Labute approximate surface area is 134 Å². The van der Waals surface area contributed by atoms with Crippen LogP contribution in [0.1, 0.15) is 5.56 Å². The molecule has 0 atom stereocenters. The molecule has 0 radical (unpaired) electrons. The number of nitrogens with zero attached hydrogens (tertiary/aromatic N) is 2. The third kappa shape index (κ3) is 3.80. The van der Waals surface area contributed by atoms with Gasteiger partial charge in [0.1, 0.15) is 15.3 Å². The van der Waals surface area contributed by atoms with Crippen LogP contribution in [0.4, 0.5) is 0 Å². The smallest absolute Gasteiger partial charge is 0.268 e. The van der Waals surface area contributed by atoms with Crippen LogP contribution in [0.5, 0.6) is 0 Å². The van der Waals surface area contributed by atoms with Crippen LogP contribution in [0.25, 0.3) is 0 Å². The van der Waals surface area contributed by atoms with Crippen LogP contribution >= 0.6 is 34.2 Å². The fraction of sp³-hybridized carbons (Fsp3) is 0.154. The van der Waals surface area contributed by atoms with E-state index in [-0.39, 0.29) is 23.2 Å². The molecule has 0 aliphatic heterocycles. The number of hydrogen-bond donors (Lipinski definition) is 1. The van der Waals surface area contributed by atoms with Gasteiger partial charge in [-0.15, -0.1) is 0 Å². The predicted molar refractivity (Wildman–Crippen MR) is 84.5 cm³/mol. The first-order valence-corrected chi connectivity index (χ1v) is 7.24. The Bertz CT molecular complexity index is 673. The maximum absolute atomic E-state index is 11.9. The van der Waals surface area contributed by atoms with E-state index in [0.29, 0.717) is 10.1 Å². The van der Waals surface area contributed by atoms with E-state index in [0.717, 1.165) is 5.56 Å². The van der Waals surface area contributed by atoms with E-state index in [1.165, 1.54) is 10.9 Å². The van der Waals surface area contributed by atoms with Gasteiger partial charge in [0.05, 0.1) is 6.33 Å². The first kappa shape index (κ1) is 15.0. The molecule has 0 saturated heterocycles. The Kier molecular flexibility index (Phi) is 5.13. The molecule has 1 aromatic heterocycles. The Balaban J connectivity index is 1.99. The number of amides is 1. The quantitative estimate of drug-likeness (QED) is 0.626. The average Bonchev–Trinajstić information content (AvgIpc) is 2.47. The van der Waals surface area contributed by atoms with Gasteiger partial charge in [0.25, 0.3) is 5.56 Å². The Hall–Kier alpha value is -1.41. The highest BCUT2D eigenvalue weighted by atomic mass is 127. The molecule has 1 aromatic carbocycles. The molecule has 20 heavy (non-hydrogen) atoms. The normalized spacial score (nSPS) is 10.3. The lowest BCUT2D eigenvalue weighted by Crippen LogP contribution is -2.33. The molecule has 0 spiro atoms. The molecule has 2 rings (SSSR count). The highest BCUT2D eigenvalue weighted by molar-refractivity contribution is 14.1. The van der Waals surface area contributed by atoms with Crippen LogP contribution in [-0.4, -0.2) is 15.5 Å². The largest absolute Gasteiger partial charge is 0.350 e. The third-order valence-corrected chi connectivity index (χ3v) is 4.16. The van der Waals surface area contributed by atoms with E-state index < -0.39 is 0 Å². The Morgan fingerprint density at radius 1 is 1.35 bits per heavy atom. The van der Waals surface area contributed by atoms with Crippen molar-refractivity contribution in [2.75, 3.05) is 0 Å². The van der Waals surface area contributed by atoms with Crippen molar-refractivity contribution in [1.29, 1.82) is 0 Å². The maximum Gasteiger partial charge on any atom is 0.268 e. The molecule has 1 N–H and O–H groups in total. The second-order valence-corrected chi connectivity index (χ2v) is 5.48. The molecule has 0 unspecified atom stereocenters. The van der Waals surface area contributed by atoms with Crippen LogP contribution in [0.2, 0.25) is 5.15 Å². The number of benzene rings is 1. The molecule has 1 heterocycles. The zero-order valence-electron chi connectivity index (χ0n) is 10.3. The van der Waals surface area contributed by atoms with Gasteiger partial charge in [0.15, 0.2) is 0 Å². The van der Waals surface area contributed by atoms with Gasteiger partial charge in [-0.1, -0.05) is 41.9 Å². The van der Waals surface area contributed by atoms with Crippen molar-refractivity contribution >= 4 is 40.1 Å². The van der Waals surface area contributed by atoms with Crippen molar-refractivity contribution in [1.82, 2.24) is 14.9 Å². The second kappa shape index (κ2) is 6.85. The Morgan fingerprint density at radius 3 is 2.75 bits per heavy atom. The summed E-state index contributed by atoms with van der Waals surface area (Å²) in [6.45, 7) is 0.346. The molecule has 0 fully saturated rings. The van der Waals surface area contributed by atoms with Crippen LogP contribution in [0.3, 0.4) is 0 Å². The number of carbonyl (C=O) groups is 1. The molecule has 0 saturated carbocycles. The van der Waals surface area contributed by atoms with E-state index in [1.54, 1.807) is 0 Å². The molecule has 5 nitrogen and oxygen atoms in total. The van der Waals surface area contributed by atoms with Crippen LogP contribution in [0.15, 0.2) is 41.5 Å². The molecule has 104 valence electrons. The summed E-state index contributed by atoms with van der Waals surface area (Å²) in [7, 11) is 0. The molecule has 0 aliphatic rings. The highest BCUT2D eigenvalue weighted by Gasteiger charge is 2.09. The van der Waals surface area contributed by atoms with Crippen LogP contribution in [-0.2, 0) is 17.9 Å². The van der Waals surface area contributed by atoms with E-state index in [1.807, 2.05) is 52.9 Å². The SMILES string of the molecule is O=C(Cn1cnc(Cl)c(I)c1=O)NCc1ccccc1. The summed E-state index contributed by atoms with van der Waals surface area (Å²) in [4.78, 5) is 27.5. The number of nitrogens with one attached hydrogen (secondary N) is 1. The van der Waals surface area contributed by atoms with Crippen molar-refractivity contribution in [3.8, 4) is 0 Å². The van der Waals surface area contributed by atoms with Gasteiger partial charge >= 0.3 is 0 Å². The lowest BCUT2D eigenvalue weighted by molar-refractivity contribution is -0.121. The lowest BCUT2D eigenvalue weighted by atomic mass is 10.2. The van der Waals surface area contributed by atoms with Gasteiger partial charge in [-0.2, -0.15) is 0 Å². The summed E-state index contributed by atoms with van der Waals surface area (Å²) < 4.78 is 1.54. The maximum atomic E-state index is 11.9. The summed E-state index contributed by atoms with van der Waals surface area (Å²) in [5.74, 6) is -0.254. The van der Waals surface area contributed by atoms with Gasteiger partial charge in [-0.25, -0.2) is 4.98 Å². The summed E-state index contributed by atoms with van der Waals surface area (Å²) in [5, 5.41) is 2.90. The first-order chi connectivity index (χ1) is 9.58. The standard InChI is InChI=1S/C13H11ClIN3O2/c14-12-11(15)13(20)18(8-17-12)7-10(19)16-6-9-4-2-1-3-5-9/h1-5,8H,6-7H2,(H,16,19). The molecule has 1 amide bonds. The zero-order chi connectivity index (χ0) is 14.5. The first-order valence-electron chi connectivity index (χ1n) is 5.79. The molecular weight excluding hydrogens is 393 g/mol. The summed E-state index contributed by atoms with van der Waals surface area (Å²) in [6, 6.07) is 9.54. The van der Waals surface area contributed by atoms with E-state index in [4.69, 9.17) is 11.6 Å². The van der Waals surface area contributed by atoms with Crippen molar-refractivity contribution < 1.29 is 4.79 Å². The van der Waals surface area contributed by atoms with Crippen molar-refractivity contribution in [3.05, 3.63) is 61.3 Å². The number of aromatic nitrogens is 2. The van der Waals surface area contributed by atoms with Crippen LogP contribution in [0, 0.1) is 3.57 Å². The molecule has 7 heteroatoms.